The molecule has 0 bridgehead atoms. The van der Waals surface area contributed by atoms with E-state index in [-0.39, 0.29) is 11.4 Å². The minimum Gasteiger partial charge on any atom is -0.494 e. The van der Waals surface area contributed by atoms with Crippen LogP contribution in [0.25, 0.3) is 0 Å². The van der Waals surface area contributed by atoms with E-state index >= 15 is 0 Å². The smallest absolute Gasteiger partial charge is 0.243 e. The van der Waals surface area contributed by atoms with Gasteiger partial charge in [0.2, 0.25) is 15.9 Å². The molecule has 8 heteroatoms. The number of benzene rings is 2. The Hall–Kier alpha value is -2.09. The minimum atomic E-state index is -3.80. The highest BCUT2D eigenvalue weighted by Gasteiger charge is 2.23. The molecule has 0 atom stereocenters. The second-order valence-electron chi connectivity index (χ2n) is 6.13. The van der Waals surface area contributed by atoms with Crippen molar-refractivity contribution in [3.8, 4) is 5.75 Å². The molecular weight excluding hydrogens is 388 g/mol. The van der Waals surface area contributed by atoms with Crippen LogP contribution in [0.4, 0.5) is 5.69 Å². The van der Waals surface area contributed by atoms with Gasteiger partial charge in [0.1, 0.15) is 5.75 Å². The van der Waals surface area contributed by atoms with Crippen LogP contribution in [-0.4, -0.2) is 38.8 Å². The summed E-state index contributed by atoms with van der Waals surface area (Å²) in [5.41, 5.74) is 2.11. The molecule has 0 aliphatic carbocycles. The molecular formula is C19H23ClN2O4S. The standard InChI is InChI=1S/C19H23ClN2O4S/c1-5-26-18-9-8-16(10-14(18)3)27(24,25)22(4)12-19(23)21-15-7-6-13(2)17(20)11-15/h6-11H,5,12H2,1-4H3,(H,21,23). The van der Waals surface area contributed by atoms with Crippen LogP contribution in [0.1, 0.15) is 18.1 Å². The maximum Gasteiger partial charge on any atom is 0.243 e. The van der Waals surface area contributed by atoms with Crippen LogP contribution < -0.4 is 10.1 Å². The number of carbonyl (C=O) groups excluding carboxylic acids is 1. The lowest BCUT2D eigenvalue weighted by molar-refractivity contribution is -0.116. The molecule has 6 nitrogen and oxygen atoms in total. The molecule has 2 aromatic carbocycles. The van der Waals surface area contributed by atoms with Crippen LogP contribution in [0.15, 0.2) is 41.3 Å². The number of ether oxygens (including phenoxy) is 1. The van der Waals surface area contributed by atoms with Crippen LogP contribution in [0.3, 0.4) is 0 Å². The summed E-state index contributed by atoms with van der Waals surface area (Å²) < 4.78 is 31.9. The van der Waals surface area contributed by atoms with E-state index < -0.39 is 15.9 Å². The van der Waals surface area contributed by atoms with Crippen molar-refractivity contribution in [2.24, 2.45) is 0 Å². The molecule has 2 rings (SSSR count). The fourth-order valence-corrected chi connectivity index (χ4v) is 3.83. The topological polar surface area (TPSA) is 75.7 Å². The summed E-state index contributed by atoms with van der Waals surface area (Å²) in [5.74, 6) is 0.178. The molecule has 27 heavy (non-hydrogen) atoms. The van der Waals surface area contributed by atoms with Gasteiger partial charge in [-0.2, -0.15) is 4.31 Å². The summed E-state index contributed by atoms with van der Waals surface area (Å²) in [6, 6.07) is 9.74. The highest BCUT2D eigenvalue weighted by Crippen LogP contribution is 2.24. The van der Waals surface area contributed by atoms with Crippen LogP contribution in [-0.2, 0) is 14.8 Å². The van der Waals surface area contributed by atoms with Gasteiger partial charge >= 0.3 is 0 Å². The van der Waals surface area contributed by atoms with E-state index in [1.807, 2.05) is 13.8 Å². The van der Waals surface area contributed by atoms with E-state index in [4.69, 9.17) is 16.3 Å². The second-order valence-corrected chi connectivity index (χ2v) is 8.59. The predicted molar refractivity (Wildman–Crippen MR) is 107 cm³/mol. The van der Waals surface area contributed by atoms with Gasteiger partial charge in [0, 0.05) is 17.8 Å². The number of nitrogens with zero attached hydrogens (tertiary/aromatic N) is 1. The van der Waals surface area contributed by atoms with Crippen molar-refractivity contribution in [2.45, 2.75) is 25.7 Å². The predicted octanol–water partition coefficient (Wildman–Crippen LogP) is 3.61. The molecule has 0 aromatic heterocycles. The average molecular weight is 411 g/mol. The molecule has 0 aliphatic rings. The molecule has 1 N–H and O–H groups in total. The van der Waals surface area contributed by atoms with Gasteiger partial charge in [0.05, 0.1) is 18.0 Å². The Labute approximate surface area is 165 Å². The molecule has 0 fully saturated rings. The fourth-order valence-electron chi connectivity index (χ4n) is 2.44. The maximum absolute atomic E-state index is 12.7. The zero-order valence-electron chi connectivity index (χ0n) is 15.7. The minimum absolute atomic E-state index is 0.108. The van der Waals surface area contributed by atoms with Crippen molar-refractivity contribution in [3.05, 3.63) is 52.5 Å². The molecule has 0 unspecified atom stereocenters. The first-order valence-corrected chi connectivity index (χ1v) is 10.2. The Morgan fingerprint density at radius 3 is 2.44 bits per heavy atom. The van der Waals surface area contributed by atoms with Gasteiger partial charge in [-0.1, -0.05) is 17.7 Å². The lowest BCUT2D eigenvalue weighted by atomic mass is 10.2. The molecule has 0 saturated heterocycles. The Morgan fingerprint density at radius 2 is 1.85 bits per heavy atom. The zero-order chi connectivity index (χ0) is 20.2. The van der Waals surface area contributed by atoms with E-state index in [0.29, 0.717) is 28.6 Å². The van der Waals surface area contributed by atoms with Crippen LogP contribution in [0.2, 0.25) is 5.02 Å². The van der Waals surface area contributed by atoms with Gasteiger partial charge in [-0.3, -0.25) is 4.79 Å². The number of hydrogen-bond acceptors (Lipinski definition) is 4. The summed E-state index contributed by atoms with van der Waals surface area (Å²) in [5, 5.41) is 3.18. The average Bonchev–Trinajstić information content (AvgIpc) is 2.59. The van der Waals surface area contributed by atoms with Crippen LogP contribution in [0.5, 0.6) is 5.75 Å². The molecule has 0 saturated carbocycles. The monoisotopic (exact) mass is 410 g/mol. The van der Waals surface area contributed by atoms with Gasteiger partial charge in [-0.15, -0.1) is 0 Å². The van der Waals surface area contributed by atoms with Crippen molar-refractivity contribution in [1.82, 2.24) is 4.31 Å². The zero-order valence-corrected chi connectivity index (χ0v) is 17.3. The summed E-state index contributed by atoms with van der Waals surface area (Å²) in [7, 11) is -2.44. The first-order valence-electron chi connectivity index (χ1n) is 8.41. The van der Waals surface area contributed by atoms with E-state index in [0.717, 1.165) is 9.87 Å². The molecule has 2 aromatic rings. The highest BCUT2D eigenvalue weighted by atomic mass is 35.5. The Kier molecular flexibility index (Phi) is 6.86. The number of hydrogen-bond donors (Lipinski definition) is 1. The third-order valence-corrected chi connectivity index (χ3v) is 6.18. The van der Waals surface area contributed by atoms with Gasteiger partial charge < -0.3 is 10.1 Å². The number of carbonyl (C=O) groups is 1. The molecule has 0 spiro atoms. The summed E-state index contributed by atoms with van der Waals surface area (Å²) in [6.45, 7) is 5.67. The van der Waals surface area contributed by atoms with Crippen molar-refractivity contribution < 1.29 is 17.9 Å². The molecule has 0 heterocycles. The molecule has 0 aliphatic heterocycles. The summed E-state index contributed by atoms with van der Waals surface area (Å²) in [6.07, 6.45) is 0. The first-order chi connectivity index (χ1) is 12.6. The van der Waals surface area contributed by atoms with Crippen LogP contribution >= 0.6 is 11.6 Å². The SMILES string of the molecule is CCOc1ccc(S(=O)(=O)N(C)CC(=O)Nc2ccc(C)c(Cl)c2)cc1C. The number of sulfonamides is 1. The quantitative estimate of drug-likeness (QED) is 0.756. The second kappa shape index (κ2) is 8.73. The third kappa shape index (κ3) is 5.22. The first kappa shape index (κ1) is 21.2. The van der Waals surface area contributed by atoms with Crippen molar-refractivity contribution in [1.29, 1.82) is 0 Å². The van der Waals surface area contributed by atoms with E-state index in [1.165, 1.54) is 19.2 Å². The molecule has 1 amide bonds. The van der Waals surface area contributed by atoms with Crippen molar-refractivity contribution in [3.63, 3.8) is 0 Å². The Morgan fingerprint density at radius 1 is 1.15 bits per heavy atom. The number of likely N-dealkylation sites (N-methyl/N-ethyl adjacent to an activating group) is 1. The Bertz CT molecular complexity index is 945. The number of rotatable bonds is 7. The van der Waals surface area contributed by atoms with Crippen molar-refractivity contribution >= 4 is 33.2 Å². The normalized spacial score (nSPS) is 11.5. The highest BCUT2D eigenvalue weighted by molar-refractivity contribution is 7.89. The third-order valence-electron chi connectivity index (χ3n) is 3.98. The van der Waals surface area contributed by atoms with E-state index in [2.05, 4.69) is 5.32 Å². The van der Waals surface area contributed by atoms with Crippen molar-refractivity contribution in [2.75, 3.05) is 25.5 Å². The molecule has 0 radical (unpaired) electrons. The van der Waals surface area contributed by atoms with Gasteiger partial charge in [0.25, 0.3) is 0 Å². The number of halogens is 1. The number of aryl methyl sites for hydroxylation is 2. The summed E-state index contributed by atoms with van der Waals surface area (Å²) >= 11 is 6.04. The lowest BCUT2D eigenvalue weighted by Crippen LogP contribution is -2.35. The van der Waals surface area contributed by atoms with Gasteiger partial charge in [-0.05, 0) is 62.2 Å². The Balaban J connectivity index is 2.11. The van der Waals surface area contributed by atoms with E-state index in [9.17, 15) is 13.2 Å². The number of nitrogens with one attached hydrogen (secondary N) is 1. The fraction of sp³-hybridized carbons (Fsp3) is 0.316. The number of amides is 1. The number of anilines is 1. The lowest BCUT2D eigenvalue weighted by Gasteiger charge is -2.18. The summed E-state index contributed by atoms with van der Waals surface area (Å²) in [4.78, 5) is 12.3. The van der Waals surface area contributed by atoms with Gasteiger partial charge in [0.15, 0.2) is 0 Å². The maximum atomic E-state index is 12.7. The largest absolute Gasteiger partial charge is 0.494 e. The van der Waals surface area contributed by atoms with Gasteiger partial charge in [-0.25, -0.2) is 8.42 Å². The van der Waals surface area contributed by atoms with E-state index in [1.54, 1.807) is 31.2 Å². The molecule has 146 valence electrons. The van der Waals surface area contributed by atoms with Crippen LogP contribution in [0, 0.1) is 13.8 Å².